The molecular formula is C22H32FeO2. The van der Waals surface area contributed by atoms with Gasteiger partial charge in [-0.3, -0.25) is 4.79 Å². The van der Waals surface area contributed by atoms with Crippen molar-refractivity contribution in [1.29, 1.82) is 0 Å². The fraction of sp³-hybridized carbons (Fsp3) is 0.500. The van der Waals surface area contributed by atoms with Gasteiger partial charge >= 0.3 is 23.0 Å². The van der Waals surface area contributed by atoms with Crippen LogP contribution in [0, 0.1) is 0 Å². The maximum Gasteiger partial charge on any atom is 2.00 e. The molecule has 3 heteroatoms. The standard InChI is InChI=1S/C17H27O2.C5H5.Fe/c18-17(19)15-9-7-5-3-1-2-4-6-8-12-16-13-10-11-14-16;1-2-4-5-3-1;/h10-11,13-14H,1-9,12,15H2,(H,18,19);1-5H;/q2*-1;+2. The molecule has 0 saturated carbocycles. The van der Waals surface area contributed by atoms with Gasteiger partial charge in [-0.2, -0.15) is 35.9 Å². The Labute approximate surface area is 163 Å². The van der Waals surface area contributed by atoms with E-state index in [4.69, 9.17) is 5.11 Å². The smallest absolute Gasteiger partial charge is 0.481 e. The summed E-state index contributed by atoms with van der Waals surface area (Å²) in [5.41, 5.74) is 1.47. The van der Waals surface area contributed by atoms with E-state index in [-0.39, 0.29) is 17.1 Å². The second kappa shape index (κ2) is 17.5. The van der Waals surface area contributed by atoms with Crippen molar-refractivity contribution >= 4 is 5.97 Å². The molecule has 0 spiro atoms. The minimum atomic E-state index is -0.662. The molecule has 25 heavy (non-hydrogen) atoms. The van der Waals surface area contributed by atoms with Gasteiger partial charge in [-0.25, -0.2) is 24.3 Å². The Morgan fingerprint density at radius 3 is 1.68 bits per heavy atom. The van der Waals surface area contributed by atoms with Crippen LogP contribution in [-0.4, -0.2) is 11.1 Å². The molecule has 0 heterocycles. The summed E-state index contributed by atoms with van der Waals surface area (Å²) in [5.74, 6) is -0.662. The molecule has 0 aliphatic heterocycles. The number of aryl methyl sites for hydroxylation is 1. The Hall–Kier alpha value is -1.31. The van der Waals surface area contributed by atoms with Gasteiger partial charge in [-0.1, -0.05) is 57.8 Å². The van der Waals surface area contributed by atoms with Crippen LogP contribution in [0.15, 0.2) is 54.6 Å². The Kier molecular flexibility index (Phi) is 16.6. The first-order valence-corrected chi connectivity index (χ1v) is 9.38. The van der Waals surface area contributed by atoms with Crippen LogP contribution in [0.4, 0.5) is 0 Å². The molecule has 2 aromatic carbocycles. The van der Waals surface area contributed by atoms with Crippen molar-refractivity contribution in [3.63, 3.8) is 0 Å². The van der Waals surface area contributed by atoms with E-state index in [1.807, 2.05) is 30.3 Å². The van der Waals surface area contributed by atoms with Gasteiger partial charge < -0.3 is 5.11 Å². The summed E-state index contributed by atoms with van der Waals surface area (Å²) >= 11 is 0. The second-order valence-electron chi connectivity index (χ2n) is 6.33. The number of unbranched alkanes of at least 4 members (excludes halogenated alkanes) is 8. The quantitative estimate of drug-likeness (QED) is 0.263. The first kappa shape index (κ1) is 23.7. The number of hydrogen-bond donors (Lipinski definition) is 1. The number of aliphatic carboxylic acids is 1. The average Bonchev–Trinajstić information content (AvgIpc) is 3.28. The largest absolute Gasteiger partial charge is 2.00 e. The van der Waals surface area contributed by atoms with Gasteiger partial charge in [0.25, 0.3) is 0 Å². The van der Waals surface area contributed by atoms with Gasteiger partial charge in [0.2, 0.25) is 0 Å². The van der Waals surface area contributed by atoms with Crippen LogP contribution in [0.25, 0.3) is 0 Å². The first-order valence-electron chi connectivity index (χ1n) is 9.38. The van der Waals surface area contributed by atoms with Crippen molar-refractivity contribution in [3.05, 3.63) is 60.2 Å². The summed E-state index contributed by atoms with van der Waals surface area (Å²) in [4.78, 5) is 10.3. The summed E-state index contributed by atoms with van der Waals surface area (Å²) in [6, 6.07) is 18.6. The zero-order chi connectivity index (χ0) is 17.3. The Bertz CT molecular complexity index is 457. The fourth-order valence-electron chi connectivity index (χ4n) is 2.74. The predicted molar refractivity (Wildman–Crippen MR) is 102 cm³/mol. The first-order chi connectivity index (χ1) is 11.8. The van der Waals surface area contributed by atoms with Gasteiger partial charge in [-0.15, -0.1) is 0 Å². The van der Waals surface area contributed by atoms with Crippen molar-refractivity contribution in [3.8, 4) is 0 Å². The molecule has 0 aliphatic rings. The normalized spacial score (nSPS) is 9.76. The third-order valence-electron chi connectivity index (χ3n) is 4.14. The molecule has 0 amide bonds. The molecule has 0 aliphatic carbocycles. The maximum absolute atomic E-state index is 10.3. The zero-order valence-corrected chi connectivity index (χ0v) is 16.3. The topological polar surface area (TPSA) is 37.3 Å². The van der Waals surface area contributed by atoms with E-state index >= 15 is 0 Å². The summed E-state index contributed by atoms with van der Waals surface area (Å²) < 4.78 is 0. The molecule has 0 saturated heterocycles. The molecule has 0 fully saturated rings. The Morgan fingerprint density at radius 2 is 1.24 bits per heavy atom. The average molecular weight is 384 g/mol. The molecule has 0 atom stereocenters. The molecule has 2 nitrogen and oxygen atoms in total. The van der Waals surface area contributed by atoms with Gasteiger partial charge in [0.05, 0.1) is 0 Å². The van der Waals surface area contributed by atoms with E-state index in [2.05, 4.69) is 24.3 Å². The number of carboxylic acid groups (broad SMARTS) is 1. The van der Waals surface area contributed by atoms with Crippen molar-refractivity contribution < 1.29 is 27.0 Å². The van der Waals surface area contributed by atoms with Crippen molar-refractivity contribution in [2.75, 3.05) is 0 Å². The third-order valence-corrected chi connectivity index (χ3v) is 4.14. The van der Waals surface area contributed by atoms with Crippen LogP contribution < -0.4 is 0 Å². The van der Waals surface area contributed by atoms with Crippen LogP contribution in [0.2, 0.25) is 0 Å². The van der Waals surface area contributed by atoms with Crippen molar-refractivity contribution in [2.24, 2.45) is 0 Å². The number of carboxylic acids is 1. The summed E-state index contributed by atoms with van der Waals surface area (Å²) in [7, 11) is 0. The molecule has 0 aromatic heterocycles. The van der Waals surface area contributed by atoms with E-state index in [0.29, 0.717) is 6.42 Å². The Morgan fingerprint density at radius 1 is 0.760 bits per heavy atom. The molecule has 0 bridgehead atoms. The summed E-state index contributed by atoms with van der Waals surface area (Å²) in [6.07, 6.45) is 12.6. The zero-order valence-electron chi connectivity index (χ0n) is 15.2. The third kappa shape index (κ3) is 15.9. The number of rotatable bonds is 12. The van der Waals surface area contributed by atoms with E-state index in [0.717, 1.165) is 12.8 Å². The van der Waals surface area contributed by atoms with E-state index in [9.17, 15) is 4.79 Å². The molecule has 140 valence electrons. The Balaban J connectivity index is 0.000000820. The molecule has 2 rings (SSSR count). The van der Waals surface area contributed by atoms with Crippen LogP contribution in [-0.2, 0) is 28.3 Å². The second-order valence-corrected chi connectivity index (χ2v) is 6.33. The van der Waals surface area contributed by atoms with Crippen molar-refractivity contribution in [1.82, 2.24) is 0 Å². The van der Waals surface area contributed by atoms with Gasteiger partial charge in [0, 0.05) is 6.42 Å². The van der Waals surface area contributed by atoms with E-state index in [1.165, 1.54) is 56.9 Å². The van der Waals surface area contributed by atoms with Crippen molar-refractivity contribution in [2.45, 2.75) is 70.6 Å². The van der Waals surface area contributed by atoms with E-state index in [1.54, 1.807) is 0 Å². The van der Waals surface area contributed by atoms with Crippen LogP contribution in [0.1, 0.15) is 69.8 Å². The van der Waals surface area contributed by atoms with Crippen LogP contribution in [0.3, 0.4) is 0 Å². The molecule has 0 unspecified atom stereocenters. The van der Waals surface area contributed by atoms with E-state index < -0.39 is 5.97 Å². The molecule has 2 aromatic rings. The minimum absolute atomic E-state index is 0. The number of hydrogen-bond acceptors (Lipinski definition) is 1. The van der Waals surface area contributed by atoms with Gasteiger partial charge in [-0.05, 0) is 6.42 Å². The van der Waals surface area contributed by atoms with Crippen LogP contribution >= 0.6 is 0 Å². The molecule has 0 radical (unpaired) electrons. The fourth-order valence-corrected chi connectivity index (χ4v) is 2.74. The van der Waals surface area contributed by atoms with Gasteiger partial charge in [0.1, 0.15) is 0 Å². The SMILES string of the molecule is O=C(O)CCCCCCCCCCC[c-]1cccc1.[Fe+2].c1cc[cH-]c1. The van der Waals surface area contributed by atoms with Gasteiger partial charge in [0.15, 0.2) is 0 Å². The minimum Gasteiger partial charge on any atom is -0.481 e. The summed E-state index contributed by atoms with van der Waals surface area (Å²) in [5, 5.41) is 8.51. The maximum atomic E-state index is 10.3. The molecular weight excluding hydrogens is 352 g/mol. The predicted octanol–water partition coefficient (Wildman–Crippen LogP) is 6.34. The monoisotopic (exact) mass is 384 g/mol. The summed E-state index contributed by atoms with van der Waals surface area (Å²) in [6.45, 7) is 0. The molecule has 1 N–H and O–H groups in total. The van der Waals surface area contributed by atoms with Crippen LogP contribution in [0.5, 0.6) is 0 Å². The number of carbonyl (C=O) groups is 1.